The number of amides is 2. The third-order valence-electron chi connectivity index (χ3n) is 6.21. The summed E-state index contributed by atoms with van der Waals surface area (Å²) in [4.78, 5) is 29.0. The fourth-order valence-electron chi connectivity index (χ4n) is 4.45. The van der Waals surface area contributed by atoms with Crippen molar-refractivity contribution in [3.05, 3.63) is 11.9 Å². The molecule has 2 amide bonds. The molecule has 0 unspecified atom stereocenters. The van der Waals surface area contributed by atoms with Crippen molar-refractivity contribution in [3.8, 4) is 0 Å². The quantitative estimate of drug-likeness (QED) is 0.524. The predicted molar refractivity (Wildman–Crippen MR) is 115 cm³/mol. The number of ether oxygens (including phenoxy) is 2. The Morgan fingerprint density at radius 1 is 1.03 bits per heavy atom. The Hall–Kier alpha value is -2.00. The van der Waals surface area contributed by atoms with Crippen LogP contribution in [0.1, 0.15) is 69.3 Å². The van der Waals surface area contributed by atoms with E-state index >= 15 is 0 Å². The van der Waals surface area contributed by atoms with Crippen LogP contribution in [0.4, 0.5) is 0 Å². The first-order valence-electron chi connectivity index (χ1n) is 11.8. The molecule has 0 aromatic carbocycles. The molecule has 0 spiro atoms. The summed E-state index contributed by atoms with van der Waals surface area (Å²) in [7, 11) is 0. The van der Waals surface area contributed by atoms with Crippen LogP contribution in [0, 0.1) is 5.92 Å². The van der Waals surface area contributed by atoms with Gasteiger partial charge >= 0.3 is 0 Å². The molecule has 2 heterocycles. The summed E-state index contributed by atoms with van der Waals surface area (Å²) in [6.45, 7) is 7.49. The molecular formula is C22H37N5O4. The Labute approximate surface area is 185 Å². The zero-order valence-electron chi connectivity index (χ0n) is 19.0. The fourth-order valence-corrected chi connectivity index (χ4v) is 4.45. The van der Waals surface area contributed by atoms with Crippen LogP contribution in [-0.4, -0.2) is 82.3 Å². The van der Waals surface area contributed by atoms with E-state index in [1.807, 2.05) is 18.7 Å². The molecule has 1 saturated carbocycles. The van der Waals surface area contributed by atoms with E-state index in [0.717, 1.165) is 6.42 Å². The molecule has 2 fully saturated rings. The molecular weight excluding hydrogens is 398 g/mol. The summed E-state index contributed by atoms with van der Waals surface area (Å²) in [6, 6.07) is 0. The zero-order chi connectivity index (χ0) is 22.1. The van der Waals surface area contributed by atoms with Crippen LogP contribution in [0.5, 0.6) is 0 Å². The second-order valence-corrected chi connectivity index (χ2v) is 8.38. The lowest BCUT2D eigenvalue weighted by molar-refractivity contribution is -0.145. The second kappa shape index (κ2) is 12.1. The maximum absolute atomic E-state index is 12.8. The number of hydrogen-bond donors (Lipinski definition) is 0. The highest BCUT2D eigenvalue weighted by atomic mass is 16.7. The summed E-state index contributed by atoms with van der Waals surface area (Å²) in [6.07, 6.45) is 9.35. The van der Waals surface area contributed by atoms with Crippen LogP contribution < -0.4 is 0 Å². The maximum Gasteiger partial charge on any atom is 0.276 e. The van der Waals surface area contributed by atoms with Gasteiger partial charge in [-0.25, -0.2) is 4.68 Å². The van der Waals surface area contributed by atoms with Crippen molar-refractivity contribution in [2.75, 3.05) is 39.4 Å². The van der Waals surface area contributed by atoms with Gasteiger partial charge in [0.05, 0.1) is 12.7 Å². The minimum absolute atomic E-state index is 0.148. The minimum Gasteiger partial charge on any atom is -0.351 e. The summed E-state index contributed by atoms with van der Waals surface area (Å²) >= 11 is 0. The van der Waals surface area contributed by atoms with Gasteiger partial charge in [-0.3, -0.25) is 9.59 Å². The van der Waals surface area contributed by atoms with Gasteiger partial charge < -0.3 is 19.3 Å². The maximum atomic E-state index is 12.8. The number of carbonyl (C=O) groups is 2. The van der Waals surface area contributed by atoms with Crippen molar-refractivity contribution in [2.24, 2.45) is 5.92 Å². The zero-order valence-corrected chi connectivity index (χ0v) is 19.0. The topological polar surface area (TPSA) is 89.8 Å². The van der Waals surface area contributed by atoms with E-state index in [1.54, 1.807) is 15.8 Å². The Kier molecular flexibility index (Phi) is 9.27. The van der Waals surface area contributed by atoms with E-state index in [9.17, 15) is 9.59 Å². The highest BCUT2D eigenvalue weighted by Gasteiger charge is 2.27. The third-order valence-corrected chi connectivity index (χ3v) is 6.21. The molecule has 0 atom stereocenters. The molecule has 1 saturated heterocycles. The van der Waals surface area contributed by atoms with Crippen LogP contribution in [0.15, 0.2) is 6.20 Å². The lowest BCUT2D eigenvalue weighted by Crippen LogP contribution is -2.50. The van der Waals surface area contributed by atoms with Gasteiger partial charge in [-0.1, -0.05) is 37.3 Å². The Balaban J connectivity index is 1.43. The first-order chi connectivity index (χ1) is 15.1. The van der Waals surface area contributed by atoms with Crippen LogP contribution in [-0.2, 0) is 20.8 Å². The molecule has 1 aliphatic heterocycles. The molecule has 31 heavy (non-hydrogen) atoms. The van der Waals surface area contributed by atoms with Crippen molar-refractivity contribution < 1.29 is 19.1 Å². The normalized spacial score (nSPS) is 18.0. The lowest BCUT2D eigenvalue weighted by atomic mass is 9.86. The van der Waals surface area contributed by atoms with Crippen LogP contribution >= 0.6 is 0 Å². The summed E-state index contributed by atoms with van der Waals surface area (Å²) in [5.41, 5.74) is 0.309. The van der Waals surface area contributed by atoms with Crippen LogP contribution in [0.2, 0.25) is 0 Å². The van der Waals surface area contributed by atoms with Gasteiger partial charge in [0.2, 0.25) is 5.91 Å². The highest BCUT2D eigenvalue weighted by Crippen LogP contribution is 2.27. The molecule has 1 aliphatic carbocycles. The molecule has 174 valence electrons. The van der Waals surface area contributed by atoms with Crippen LogP contribution in [0.3, 0.4) is 0 Å². The van der Waals surface area contributed by atoms with Gasteiger partial charge in [-0.05, 0) is 26.2 Å². The lowest BCUT2D eigenvalue weighted by Gasteiger charge is -2.34. The molecule has 2 aliphatic rings. The van der Waals surface area contributed by atoms with Crippen molar-refractivity contribution in [2.45, 2.75) is 71.6 Å². The SMILES string of the molecule is CCOC(Cn1cc(C(=O)N2CCN(C(=O)CCC3CCCCC3)CC2)nn1)OCC. The summed E-state index contributed by atoms with van der Waals surface area (Å²) in [5.74, 6) is 0.791. The molecule has 0 N–H and O–H groups in total. The van der Waals surface area contributed by atoms with E-state index in [-0.39, 0.29) is 11.8 Å². The van der Waals surface area contributed by atoms with Crippen molar-refractivity contribution in [1.29, 1.82) is 0 Å². The van der Waals surface area contributed by atoms with Gasteiger partial charge in [0.25, 0.3) is 5.91 Å². The Morgan fingerprint density at radius 3 is 2.32 bits per heavy atom. The second-order valence-electron chi connectivity index (χ2n) is 8.38. The molecule has 1 aromatic heterocycles. The molecule has 9 nitrogen and oxygen atoms in total. The Bertz CT molecular complexity index is 690. The largest absolute Gasteiger partial charge is 0.351 e. The van der Waals surface area contributed by atoms with E-state index in [4.69, 9.17) is 9.47 Å². The molecule has 9 heteroatoms. The van der Waals surface area contributed by atoms with Gasteiger partial charge in [-0.15, -0.1) is 5.10 Å². The monoisotopic (exact) mass is 435 g/mol. The molecule has 3 rings (SSSR count). The van der Waals surface area contributed by atoms with Crippen LogP contribution in [0.25, 0.3) is 0 Å². The van der Waals surface area contributed by atoms with E-state index in [0.29, 0.717) is 64.0 Å². The number of aromatic nitrogens is 3. The molecule has 1 aromatic rings. The third kappa shape index (κ3) is 7.00. The summed E-state index contributed by atoms with van der Waals surface area (Å²) < 4.78 is 12.6. The predicted octanol–water partition coefficient (Wildman–Crippen LogP) is 2.32. The number of nitrogens with zero attached hydrogens (tertiary/aromatic N) is 5. The average Bonchev–Trinajstić information content (AvgIpc) is 3.26. The van der Waals surface area contributed by atoms with Gasteiger partial charge in [-0.2, -0.15) is 0 Å². The standard InChI is InChI=1S/C22H37N5O4/c1-3-30-21(31-4-2)17-27-16-19(23-24-27)22(29)26-14-12-25(13-15-26)20(28)11-10-18-8-6-5-7-9-18/h16,18,21H,3-15,17H2,1-2H3. The smallest absolute Gasteiger partial charge is 0.276 e. The fraction of sp³-hybridized carbons (Fsp3) is 0.818. The first-order valence-corrected chi connectivity index (χ1v) is 11.8. The van der Waals surface area contributed by atoms with Crippen molar-refractivity contribution in [1.82, 2.24) is 24.8 Å². The van der Waals surface area contributed by atoms with Crippen molar-refractivity contribution in [3.63, 3.8) is 0 Å². The Morgan fingerprint density at radius 2 is 1.68 bits per heavy atom. The van der Waals surface area contributed by atoms with Gasteiger partial charge in [0.1, 0.15) is 0 Å². The summed E-state index contributed by atoms with van der Waals surface area (Å²) in [5, 5.41) is 8.07. The minimum atomic E-state index is -0.414. The van der Waals surface area contributed by atoms with Gasteiger partial charge in [0.15, 0.2) is 12.0 Å². The van der Waals surface area contributed by atoms with E-state index < -0.39 is 6.29 Å². The van der Waals surface area contributed by atoms with E-state index in [1.165, 1.54) is 32.1 Å². The average molecular weight is 436 g/mol. The van der Waals surface area contributed by atoms with Gasteiger partial charge in [0, 0.05) is 45.8 Å². The highest BCUT2D eigenvalue weighted by molar-refractivity contribution is 5.92. The number of piperazine rings is 1. The molecule has 0 bridgehead atoms. The first kappa shape index (κ1) is 23.7. The van der Waals surface area contributed by atoms with E-state index in [2.05, 4.69) is 10.3 Å². The number of hydrogen-bond acceptors (Lipinski definition) is 6. The van der Waals surface area contributed by atoms with Crippen molar-refractivity contribution >= 4 is 11.8 Å². The number of rotatable bonds is 10. The number of carbonyl (C=O) groups excluding carboxylic acids is 2. The molecule has 0 radical (unpaired) electrons.